The molecule has 1 N–H and O–H groups in total. The van der Waals surface area contributed by atoms with Gasteiger partial charge in [0.25, 0.3) is 5.56 Å². The summed E-state index contributed by atoms with van der Waals surface area (Å²) >= 11 is 0. The number of likely N-dealkylation sites (N-methyl/N-ethyl adjacent to an activating group) is 1. The Hall–Kier alpha value is -2.54. The van der Waals surface area contributed by atoms with E-state index in [2.05, 4.69) is 53.1 Å². The molecular formula is C23H27Cl2N5O. The normalized spacial score (nSPS) is 16.0. The number of nitrogens with zero attached hydrogens (tertiary/aromatic N) is 4. The summed E-state index contributed by atoms with van der Waals surface area (Å²) in [4.78, 5) is 20.4. The molecule has 1 unspecified atom stereocenters. The number of aryl methyl sites for hydroxylation is 1. The molecule has 1 atom stereocenters. The van der Waals surface area contributed by atoms with E-state index in [9.17, 15) is 4.79 Å². The van der Waals surface area contributed by atoms with Crippen LogP contribution in [0, 0.1) is 6.92 Å². The molecule has 0 spiro atoms. The zero-order valence-electron chi connectivity index (χ0n) is 17.8. The van der Waals surface area contributed by atoms with E-state index < -0.39 is 0 Å². The number of rotatable bonds is 3. The van der Waals surface area contributed by atoms with E-state index in [0.717, 1.165) is 40.9 Å². The summed E-state index contributed by atoms with van der Waals surface area (Å²) in [7, 11) is 4.29. The molecule has 31 heavy (non-hydrogen) atoms. The van der Waals surface area contributed by atoms with E-state index in [1.807, 2.05) is 35.9 Å². The van der Waals surface area contributed by atoms with Crippen LogP contribution in [0.1, 0.15) is 12.1 Å². The third-order valence-corrected chi connectivity index (χ3v) is 6.09. The summed E-state index contributed by atoms with van der Waals surface area (Å²) in [6, 6.07) is 16.8. The Kier molecular flexibility index (Phi) is 6.65. The van der Waals surface area contributed by atoms with Crippen LogP contribution in [0.3, 0.4) is 0 Å². The van der Waals surface area contributed by atoms with Gasteiger partial charge in [-0.05, 0) is 57.8 Å². The van der Waals surface area contributed by atoms with Crippen LogP contribution in [0.4, 0.5) is 5.69 Å². The van der Waals surface area contributed by atoms with Crippen molar-refractivity contribution in [3.05, 3.63) is 64.6 Å². The van der Waals surface area contributed by atoms with E-state index in [4.69, 9.17) is 5.10 Å². The van der Waals surface area contributed by atoms with Crippen molar-refractivity contribution < 1.29 is 0 Å². The highest BCUT2D eigenvalue weighted by Crippen LogP contribution is 2.28. The van der Waals surface area contributed by atoms with Crippen LogP contribution in [0.25, 0.3) is 27.5 Å². The zero-order chi connectivity index (χ0) is 20.1. The molecule has 0 amide bonds. The quantitative estimate of drug-likeness (QED) is 0.499. The van der Waals surface area contributed by atoms with Crippen molar-refractivity contribution in [2.75, 3.05) is 32.1 Å². The number of aromatic nitrogens is 3. The van der Waals surface area contributed by atoms with Gasteiger partial charge in [0.15, 0.2) is 0 Å². The maximum Gasteiger partial charge on any atom is 0.257 e. The summed E-state index contributed by atoms with van der Waals surface area (Å²) < 4.78 is 1.84. The number of hydrogen-bond acceptors (Lipinski definition) is 4. The van der Waals surface area contributed by atoms with Crippen LogP contribution in [-0.2, 0) is 0 Å². The minimum absolute atomic E-state index is 0. The predicted octanol–water partition coefficient (Wildman–Crippen LogP) is 4.16. The van der Waals surface area contributed by atoms with Crippen molar-refractivity contribution in [1.29, 1.82) is 0 Å². The lowest BCUT2D eigenvalue weighted by Crippen LogP contribution is -2.31. The fraction of sp³-hybridized carbons (Fsp3) is 0.304. The van der Waals surface area contributed by atoms with E-state index in [0.29, 0.717) is 11.4 Å². The minimum atomic E-state index is -0.0855. The number of benzene rings is 2. The van der Waals surface area contributed by atoms with Gasteiger partial charge in [-0.15, -0.1) is 24.8 Å². The lowest BCUT2D eigenvalue weighted by atomic mass is 10.1. The van der Waals surface area contributed by atoms with Crippen molar-refractivity contribution >= 4 is 52.3 Å². The number of hydrogen-bond donors (Lipinski definition) is 1. The monoisotopic (exact) mass is 459 g/mol. The minimum Gasteiger partial charge on any atom is -0.370 e. The third-order valence-electron chi connectivity index (χ3n) is 6.09. The maximum atomic E-state index is 12.6. The highest BCUT2D eigenvalue weighted by Gasteiger charge is 2.24. The maximum absolute atomic E-state index is 12.6. The molecule has 2 aromatic carbocycles. The fourth-order valence-corrected chi connectivity index (χ4v) is 4.43. The Morgan fingerprint density at radius 3 is 2.29 bits per heavy atom. The highest BCUT2D eigenvalue weighted by atomic mass is 35.5. The van der Waals surface area contributed by atoms with E-state index in [-0.39, 0.29) is 30.4 Å². The second-order valence-electron chi connectivity index (χ2n) is 8.09. The van der Waals surface area contributed by atoms with E-state index in [1.165, 1.54) is 12.1 Å². The van der Waals surface area contributed by atoms with Gasteiger partial charge in [-0.2, -0.15) is 5.10 Å². The molecule has 0 bridgehead atoms. The van der Waals surface area contributed by atoms with E-state index >= 15 is 0 Å². The number of anilines is 1. The third kappa shape index (κ3) is 3.91. The second kappa shape index (κ2) is 8.91. The van der Waals surface area contributed by atoms with Gasteiger partial charge in [0.1, 0.15) is 5.65 Å². The molecule has 0 saturated carbocycles. The van der Waals surface area contributed by atoms with Gasteiger partial charge in [0.05, 0.1) is 11.4 Å². The molecular weight excluding hydrogens is 433 g/mol. The first-order chi connectivity index (χ1) is 14.0. The Balaban J connectivity index is 0.00000136. The molecule has 0 aliphatic carbocycles. The lowest BCUT2D eigenvalue weighted by molar-refractivity contribution is 0.315. The predicted molar refractivity (Wildman–Crippen MR) is 133 cm³/mol. The molecule has 3 heterocycles. The van der Waals surface area contributed by atoms with Gasteiger partial charge in [-0.25, -0.2) is 4.68 Å². The molecule has 1 aliphatic rings. The van der Waals surface area contributed by atoms with Crippen LogP contribution in [-0.4, -0.2) is 52.9 Å². The average Bonchev–Trinajstić information content (AvgIpc) is 3.34. The molecule has 164 valence electrons. The van der Waals surface area contributed by atoms with Crippen LogP contribution in [0.5, 0.6) is 0 Å². The van der Waals surface area contributed by atoms with Crippen molar-refractivity contribution in [3.8, 4) is 5.69 Å². The Morgan fingerprint density at radius 1 is 1.00 bits per heavy atom. The summed E-state index contributed by atoms with van der Waals surface area (Å²) in [6.07, 6.45) is 1.19. The molecule has 0 radical (unpaired) electrons. The van der Waals surface area contributed by atoms with Gasteiger partial charge in [-0.1, -0.05) is 18.2 Å². The Morgan fingerprint density at radius 2 is 1.65 bits per heavy atom. The SMILES string of the molecule is Cc1nn(-c2ccc(N3CCC(N(C)C)C3)cc2)c2[nH]c(=O)c3ccccc3c12.Cl.Cl. The van der Waals surface area contributed by atoms with Crippen LogP contribution < -0.4 is 10.5 Å². The first kappa shape index (κ1) is 23.1. The average molecular weight is 460 g/mol. The standard InChI is InChI=1S/C23H25N5O.2ClH/c1-15-21-19-6-4-5-7-20(19)23(29)24-22(21)28(25-15)17-10-8-16(9-11-17)27-13-12-18(14-27)26(2)3;;/h4-11,18H,12-14H2,1-3H3,(H,24,29);2*1H. The summed E-state index contributed by atoms with van der Waals surface area (Å²) in [5, 5.41) is 7.38. The van der Waals surface area contributed by atoms with Gasteiger partial charge in [-0.3, -0.25) is 4.79 Å². The number of aromatic amines is 1. The summed E-state index contributed by atoms with van der Waals surface area (Å²) in [6.45, 7) is 4.12. The van der Waals surface area contributed by atoms with Crippen LogP contribution in [0.2, 0.25) is 0 Å². The van der Waals surface area contributed by atoms with Crippen LogP contribution >= 0.6 is 24.8 Å². The van der Waals surface area contributed by atoms with Crippen LogP contribution in [0.15, 0.2) is 53.3 Å². The molecule has 1 saturated heterocycles. The molecule has 6 nitrogen and oxygen atoms in total. The molecule has 4 aromatic rings. The number of pyridine rings is 1. The largest absolute Gasteiger partial charge is 0.370 e. The number of H-pyrrole nitrogens is 1. The van der Waals surface area contributed by atoms with E-state index in [1.54, 1.807) is 0 Å². The van der Waals surface area contributed by atoms with Gasteiger partial charge in [0, 0.05) is 41.0 Å². The molecule has 2 aromatic heterocycles. The van der Waals surface area contributed by atoms with Gasteiger partial charge < -0.3 is 14.8 Å². The number of nitrogens with one attached hydrogen (secondary N) is 1. The lowest BCUT2D eigenvalue weighted by Gasteiger charge is -2.22. The topological polar surface area (TPSA) is 57.2 Å². The molecule has 1 aliphatic heterocycles. The molecule has 8 heteroatoms. The Bertz CT molecular complexity index is 1260. The highest BCUT2D eigenvalue weighted by molar-refractivity contribution is 6.05. The molecule has 5 rings (SSSR count). The van der Waals surface area contributed by atoms with Gasteiger partial charge in [0.2, 0.25) is 0 Å². The molecule has 1 fully saturated rings. The van der Waals surface area contributed by atoms with Crippen molar-refractivity contribution in [3.63, 3.8) is 0 Å². The Labute approximate surface area is 193 Å². The fourth-order valence-electron chi connectivity index (χ4n) is 4.43. The smallest absolute Gasteiger partial charge is 0.257 e. The first-order valence-corrected chi connectivity index (χ1v) is 10.0. The first-order valence-electron chi connectivity index (χ1n) is 10.0. The van der Waals surface area contributed by atoms with Crippen molar-refractivity contribution in [2.45, 2.75) is 19.4 Å². The number of fused-ring (bicyclic) bond motifs is 3. The zero-order valence-corrected chi connectivity index (χ0v) is 19.5. The van der Waals surface area contributed by atoms with Crippen molar-refractivity contribution in [2.24, 2.45) is 0 Å². The summed E-state index contributed by atoms with van der Waals surface area (Å²) in [5.74, 6) is 0. The number of halogens is 2. The second-order valence-corrected chi connectivity index (χ2v) is 8.09. The van der Waals surface area contributed by atoms with Crippen molar-refractivity contribution in [1.82, 2.24) is 19.7 Å². The van der Waals surface area contributed by atoms with Gasteiger partial charge >= 0.3 is 0 Å². The summed E-state index contributed by atoms with van der Waals surface area (Å²) in [5.41, 5.74) is 3.74.